The number of hydrogen-bond acceptors (Lipinski definition) is 6. The molecule has 0 aromatic heterocycles. The molecule has 0 saturated carbocycles. The van der Waals surface area contributed by atoms with Gasteiger partial charge in [0.05, 0.1) is 23.9 Å². The molecule has 0 unspecified atom stereocenters. The molecule has 8 nitrogen and oxygen atoms in total. The molecule has 0 radical (unpaired) electrons. The van der Waals surface area contributed by atoms with Gasteiger partial charge in [-0.2, -0.15) is 0 Å². The van der Waals surface area contributed by atoms with Gasteiger partial charge in [0.25, 0.3) is 15.9 Å². The van der Waals surface area contributed by atoms with Crippen molar-refractivity contribution >= 4 is 44.8 Å². The Kier molecular flexibility index (Phi) is 7.79. The van der Waals surface area contributed by atoms with Gasteiger partial charge in [-0.15, -0.1) is 0 Å². The monoisotopic (exact) mass is 572 g/mol. The Morgan fingerprint density at radius 2 is 1.86 bits per heavy atom. The molecule has 1 aliphatic heterocycles. The zero-order valence-corrected chi connectivity index (χ0v) is 21.6. The molecule has 196 valence electrons. The van der Waals surface area contributed by atoms with Gasteiger partial charge in [0, 0.05) is 41.4 Å². The van der Waals surface area contributed by atoms with Crippen molar-refractivity contribution in [2.75, 3.05) is 38.1 Å². The SMILES string of the molecule is COCCN1CCOc2ccc(Cl)cc2-c2cc(c(F)cc2F)NS(=O)(=O)c2cc(cc(Cl)c2O)C1=O. The highest BCUT2D eigenvalue weighted by molar-refractivity contribution is 7.92. The number of halogens is 4. The van der Waals surface area contributed by atoms with E-state index >= 15 is 0 Å². The van der Waals surface area contributed by atoms with Gasteiger partial charge < -0.3 is 19.5 Å². The maximum atomic E-state index is 14.9. The summed E-state index contributed by atoms with van der Waals surface area (Å²) in [5, 5.41) is 10.2. The Bertz CT molecular complexity index is 1490. The van der Waals surface area contributed by atoms with Crippen molar-refractivity contribution in [3.63, 3.8) is 0 Å². The first-order valence-corrected chi connectivity index (χ1v) is 13.0. The quantitative estimate of drug-likeness (QED) is 0.461. The van der Waals surface area contributed by atoms with Crippen molar-refractivity contribution in [1.82, 2.24) is 4.90 Å². The molecule has 4 bridgehead atoms. The van der Waals surface area contributed by atoms with Crippen LogP contribution in [0.2, 0.25) is 10.0 Å². The summed E-state index contributed by atoms with van der Waals surface area (Å²) >= 11 is 12.2. The Labute approximate surface area is 221 Å². The number of amides is 1. The van der Waals surface area contributed by atoms with Gasteiger partial charge in [0.2, 0.25) is 0 Å². The number of nitrogens with one attached hydrogen (secondary N) is 1. The van der Waals surface area contributed by atoms with Gasteiger partial charge in [-0.3, -0.25) is 9.52 Å². The number of aromatic hydroxyl groups is 1. The molecule has 3 aromatic carbocycles. The van der Waals surface area contributed by atoms with Gasteiger partial charge in [0.15, 0.2) is 5.75 Å². The number of hydrogen-bond donors (Lipinski definition) is 2. The maximum absolute atomic E-state index is 14.9. The van der Waals surface area contributed by atoms with Crippen LogP contribution in [-0.2, 0) is 14.8 Å². The summed E-state index contributed by atoms with van der Waals surface area (Å²) in [5.41, 5.74) is -0.843. The Morgan fingerprint density at radius 1 is 1.11 bits per heavy atom. The lowest BCUT2D eigenvalue weighted by Gasteiger charge is -2.23. The average Bonchev–Trinajstić information content (AvgIpc) is 2.84. The third-order valence-corrected chi connectivity index (χ3v) is 7.47. The summed E-state index contributed by atoms with van der Waals surface area (Å²) in [6, 6.07) is 7.85. The standard InChI is InChI=1S/C24H20Cl2F2N2O6S/c1-35-6-4-30-5-7-36-21-3-2-14(25)10-16(21)15-11-20(19(28)12-18(15)27)29-37(33,34)22-9-13(24(30)32)8-17(26)23(22)31/h2-3,8-12,29,31H,4-7H2,1H3. The number of carbonyl (C=O) groups excluding carboxylic acids is 1. The number of benzene rings is 3. The van der Waals surface area contributed by atoms with Crippen LogP contribution in [0, 0.1) is 11.6 Å². The Morgan fingerprint density at radius 3 is 2.59 bits per heavy atom. The van der Waals surface area contributed by atoms with Crippen LogP contribution >= 0.6 is 23.2 Å². The molecule has 0 fully saturated rings. The van der Waals surface area contributed by atoms with Gasteiger partial charge in [-0.05, 0) is 36.4 Å². The minimum Gasteiger partial charge on any atom is -0.505 e. The van der Waals surface area contributed by atoms with E-state index in [1.54, 1.807) is 0 Å². The molecule has 1 aliphatic rings. The van der Waals surface area contributed by atoms with E-state index in [-0.39, 0.29) is 53.8 Å². The molecular formula is C24H20Cl2F2N2O6S. The number of anilines is 1. The van der Waals surface area contributed by atoms with Gasteiger partial charge >= 0.3 is 0 Å². The van der Waals surface area contributed by atoms with Crippen molar-refractivity contribution < 1.29 is 36.6 Å². The van der Waals surface area contributed by atoms with E-state index in [9.17, 15) is 27.1 Å². The second kappa shape index (κ2) is 10.7. The number of ether oxygens (including phenoxy) is 2. The van der Waals surface area contributed by atoms with Crippen LogP contribution in [0.3, 0.4) is 0 Å². The Balaban J connectivity index is 1.94. The zero-order chi connectivity index (χ0) is 26.9. The molecule has 13 heteroatoms. The van der Waals surface area contributed by atoms with Crippen LogP contribution in [0.5, 0.6) is 11.5 Å². The van der Waals surface area contributed by atoms with Crippen molar-refractivity contribution in [3.05, 3.63) is 69.7 Å². The van der Waals surface area contributed by atoms with Crippen LogP contribution in [0.1, 0.15) is 10.4 Å². The number of fused-ring (bicyclic) bond motifs is 6. The second-order valence-corrected chi connectivity index (χ2v) is 10.5. The summed E-state index contributed by atoms with van der Waals surface area (Å²) in [7, 11) is -3.26. The highest BCUT2D eigenvalue weighted by Crippen LogP contribution is 2.38. The number of nitrogens with zero attached hydrogens (tertiary/aromatic N) is 1. The molecule has 4 rings (SSSR count). The van der Waals surface area contributed by atoms with Crippen molar-refractivity contribution in [2.45, 2.75) is 4.90 Å². The van der Waals surface area contributed by atoms with E-state index in [4.69, 9.17) is 32.7 Å². The summed E-state index contributed by atoms with van der Waals surface area (Å²) in [5.74, 6) is -3.52. The van der Waals surface area contributed by atoms with Gasteiger partial charge in [-0.1, -0.05) is 23.2 Å². The van der Waals surface area contributed by atoms with Crippen LogP contribution in [0.25, 0.3) is 11.1 Å². The first-order valence-electron chi connectivity index (χ1n) is 10.8. The summed E-state index contributed by atoms with van der Waals surface area (Å²) in [4.78, 5) is 13.9. The third kappa shape index (κ3) is 5.59. The van der Waals surface area contributed by atoms with E-state index in [1.807, 2.05) is 4.72 Å². The normalized spacial score (nSPS) is 15.2. The molecule has 0 atom stereocenters. The van der Waals surface area contributed by atoms with Crippen molar-refractivity contribution in [3.8, 4) is 22.6 Å². The molecule has 2 N–H and O–H groups in total. The molecule has 0 saturated heterocycles. The van der Waals surface area contributed by atoms with Crippen LogP contribution < -0.4 is 9.46 Å². The number of carbonyl (C=O) groups is 1. The van der Waals surface area contributed by atoms with Crippen LogP contribution in [0.15, 0.2) is 47.4 Å². The fourth-order valence-corrected chi connectivity index (χ4v) is 5.39. The fraction of sp³-hybridized carbons (Fsp3) is 0.208. The highest BCUT2D eigenvalue weighted by Gasteiger charge is 2.28. The first kappa shape index (κ1) is 26.9. The largest absolute Gasteiger partial charge is 0.505 e. The maximum Gasteiger partial charge on any atom is 0.265 e. The minimum absolute atomic E-state index is 0.0280. The lowest BCUT2D eigenvalue weighted by Crippen LogP contribution is -2.37. The molecule has 0 spiro atoms. The lowest BCUT2D eigenvalue weighted by molar-refractivity contribution is 0.0665. The van der Waals surface area contributed by atoms with Crippen molar-refractivity contribution in [2.24, 2.45) is 0 Å². The summed E-state index contributed by atoms with van der Waals surface area (Å²) in [6.45, 7) is 0.258. The fourth-order valence-electron chi connectivity index (χ4n) is 3.74. The van der Waals surface area contributed by atoms with E-state index in [1.165, 1.54) is 30.2 Å². The molecule has 1 amide bonds. The first-order chi connectivity index (χ1) is 17.5. The Hall–Kier alpha value is -3.12. The van der Waals surface area contributed by atoms with Crippen molar-refractivity contribution in [1.29, 1.82) is 0 Å². The predicted octanol–water partition coefficient (Wildman–Crippen LogP) is 4.93. The molecule has 0 aliphatic carbocycles. The summed E-state index contributed by atoms with van der Waals surface area (Å²) in [6.07, 6.45) is 0. The smallest absolute Gasteiger partial charge is 0.265 e. The molecule has 1 heterocycles. The molecule has 37 heavy (non-hydrogen) atoms. The van der Waals surface area contributed by atoms with Crippen LogP contribution in [0.4, 0.5) is 14.5 Å². The van der Waals surface area contributed by atoms with Crippen LogP contribution in [-0.4, -0.2) is 57.7 Å². The van der Waals surface area contributed by atoms with Gasteiger partial charge in [0.1, 0.15) is 28.9 Å². The highest BCUT2D eigenvalue weighted by atomic mass is 35.5. The third-order valence-electron chi connectivity index (χ3n) is 5.57. The lowest BCUT2D eigenvalue weighted by atomic mass is 10.0. The minimum atomic E-state index is -4.71. The number of sulfonamides is 1. The summed E-state index contributed by atoms with van der Waals surface area (Å²) < 4.78 is 68.9. The number of rotatable bonds is 3. The average molecular weight is 573 g/mol. The number of methoxy groups -OCH3 is 1. The predicted molar refractivity (Wildman–Crippen MR) is 134 cm³/mol. The van der Waals surface area contributed by atoms with E-state index < -0.39 is 48.9 Å². The topological polar surface area (TPSA) is 105 Å². The van der Waals surface area contributed by atoms with Gasteiger partial charge in [-0.25, -0.2) is 17.2 Å². The molecular weight excluding hydrogens is 553 g/mol. The number of phenolic OH excluding ortho intramolecular Hbond substituents is 1. The van der Waals surface area contributed by atoms with E-state index in [2.05, 4.69) is 0 Å². The second-order valence-electron chi connectivity index (χ2n) is 8.00. The molecule has 3 aromatic rings. The number of phenols is 1. The van der Waals surface area contributed by atoms with E-state index in [0.29, 0.717) is 6.07 Å². The zero-order valence-electron chi connectivity index (χ0n) is 19.2. The van der Waals surface area contributed by atoms with E-state index in [0.717, 1.165) is 18.2 Å².